The van der Waals surface area contributed by atoms with Crippen molar-refractivity contribution in [3.8, 4) is 0 Å². The molecule has 1 amide bonds. The number of fused-ring (bicyclic) bond motifs is 1. The summed E-state index contributed by atoms with van der Waals surface area (Å²) in [5, 5.41) is 0. The topological polar surface area (TPSA) is 57.7 Å². The first-order valence-corrected chi connectivity index (χ1v) is 10.6. The van der Waals surface area contributed by atoms with E-state index < -0.39 is 10.0 Å². The molecule has 2 aliphatic heterocycles. The van der Waals surface area contributed by atoms with Crippen LogP contribution in [0.3, 0.4) is 0 Å². The Balaban J connectivity index is 1.85. The van der Waals surface area contributed by atoms with Crippen LogP contribution in [0.4, 0.5) is 5.69 Å². The second-order valence-electron chi connectivity index (χ2n) is 7.12. The number of benzene rings is 1. The molecule has 0 bridgehead atoms. The number of anilines is 1. The molecule has 1 aromatic carbocycles. The third-order valence-electron chi connectivity index (χ3n) is 5.22. The van der Waals surface area contributed by atoms with Crippen LogP contribution in [-0.2, 0) is 16.4 Å². The van der Waals surface area contributed by atoms with Gasteiger partial charge in [-0.2, -0.15) is 0 Å². The van der Waals surface area contributed by atoms with Crippen molar-refractivity contribution in [1.82, 2.24) is 4.90 Å². The molecule has 0 unspecified atom stereocenters. The molecular weight excluding hydrogens is 324 g/mol. The lowest BCUT2D eigenvalue weighted by Gasteiger charge is -2.32. The van der Waals surface area contributed by atoms with Crippen molar-refractivity contribution >= 4 is 21.6 Å². The minimum absolute atomic E-state index is 0.0707. The zero-order valence-corrected chi connectivity index (χ0v) is 15.5. The number of piperidine rings is 1. The van der Waals surface area contributed by atoms with Gasteiger partial charge < -0.3 is 4.90 Å². The lowest BCUT2D eigenvalue weighted by molar-refractivity contribution is 0.0671. The summed E-state index contributed by atoms with van der Waals surface area (Å²) >= 11 is 0. The van der Waals surface area contributed by atoms with Gasteiger partial charge in [-0.1, -0.05) is 13.3 Å². The van der Waals surface area contributed by atoms with Gasteiger partial charge in [-0.15, -0.1) is 0 Å². The summed E-state index contributed by atoms with van der Waals surface area (Å²) in [6, 6.07) is 5.34. The zero-order chi connectivity index (χ0) is 17.5. The van der Waals surface area contributed by atoms with E-state index in [1.165, 1.54) is 17.0 Å². The van der Waals surface area contributed by atoms with Crippen molar-refractivity contribution in [2.75, 3.05) is 23.7 Å². The predicted molar refractivity (Wildman–Crippen MR) is 95.8 cm³/mol. The lowest BCUT2D eigenvalue weighted by atomic mass is 9.95. The number of hydrogen-bond acceptors (Lipinski definition) is 3. The van der Waals surface area contributed by atoms with Crippen LogP contribution >= 0.6 is 0 Å². The molecule has 2 aliphatic rings. The molecule has 2 heterocycles. The van der Waals surface area contributed by atoms with E-state index in [0.29, 0.717) is 23.6 Å². The van der Waals surface area contributed by atoms with Crippen LogP contribution in [0.5, 0.6) is 0 Å². The first-order chi connectivity index (χ1) is 11.3. The van der Waals surface area contributed by atoms with Gasteiger partial charge in [0.25, 0.3) is 5.91 Å². The summed E-state index contributed by atoms with van der Waals surface area (Å²) in [5.41, 5.74) is 2.34. The molecule has 3 rings (SSSR count). The Labute approximate surface area is 144 Å². The first kappa shape index (κ1) is 17.3. The predicted octanol–water partition coefficient (Wildman–Crippen LogP) is 2.66. The minimum Gasteiger partial charge on any atom is -0.338 e. The number of rotatable bonds is 3. The highest BCUT2D eigenvalue weighted by atomic mass is 32.2. The van der Waals surface area contributed by atoms with Crippen LogP contribution in [0.25, 0.3) is 0 Å². The first-order valence-electron chi connectivity index (χ1n) is 8.73. The fourth-order valence-electron chi connectivity index (χ4n) is 4.01. The normalized spacial score (nSPS) is 24.1. The monoisotopic (exact) mass is 350 g/mol. The average molecular weight is 350 g/mol. The maximum Gasteiger partial charge on any atom is 0.253 e. The highest BCUT2D eigenvalue weighted by molar-refractivity contribution is 7.92. The Hall–Kier alpha value is -1.56. The molecule has 1 saturated heterocycles. The van der Waals surface area contributed by atoms with Gasteiger partial charge in [0, 0.05) is 24.7 Å². The summed E-state index contributed by atoms with van der Waals surface area (Å²) in [7, 11) is -3.29. The molecule has 5 nitrogen and oxygen atoms in total. The molecule has 6 heteroatoms. The van der Waals surface area contributed by atoms with Crippen LogP contribution < -0.4 is 4.31 Å². The second kappa shape index (κ2) is 6.39. The SMILES string of the molecule is CC[C@H]1CCCN(C(=O)c2ccc3c(c2)C[C@H](C)N3S(C)(=O)=O)C1. The Morgan fingerprint density at radius 2 is 2.08 bits per heavy atom. The summed E-state index contributed by atoms with van der Waals surface area (Å²) < 4.78 is 25.4. The number of likely N-dealkylation sites (tertiary alicyclic amines) is 1. The van der Waals surface area contributed by atoms with E-state index in [2.05, 4.69) is 6.92 Å². The number of carbonyl (C=O) groups is 1. The summed E-state index contributed by atoms with van der Waals surface area (Å²) in [5.74, 6) is 0.666. The van der Waals surface area contributed by atoms with Gasteiger partial charge in [-0.3, -0.25) is 9.10 Å². The fraction of sp³-hybridized carbons (Fsp3) is 0.611. The molecule has 0 saturated carbocycles. The van der Waals surface area contributed by atoms with Gasteiger partial charge in [0.2, 0.25) is 10.0 Å². The van der Waals surface area contributed by atoms with Gasteiger partial charge in [0.1, 0.15) is 0 Å². The van der Waals surface area contributed by atoms with Crippen molar-refractivity contribution in [3.05, 3.63) is 29.3 Å². The number of nitrogens with zero attached hydrogens (tertiary/aromatic N) is 2. The minimum atomic E-state index is -3.29. The van der Waals surface area contributed by atoms with Gasteiger partial charge >= 0.3 is 0 Å². The Morgan fingerprint density at radius 1 is 1.33 bits per heavy atom. The smallest absolute Gasteiger partial charge is 0.253 e. The molecule has 0 aliphatic carbocycles. The van der Waals surface area contributed by atoms with E-state index >= 15 is 0 Å². The van der Waals surface area contributed by atoms with Gasteiger partial charge in [0.15, 0.2) is 0 Å². The molecule has 0 N–H and O–H groups in total. The third kappa shape index (κ3) is 3.16. The highest BCUT2D eigenvalue weighted by Gasteiger charge is 2.33. The highest BCUT2D eigenvalue weighted by Crippen LogP contribution is 2.35. The van der Waals surface area contributed by atoms with Crippen molar-refractivity contribution in [2.45, 2.75) is 45.6 Å². The van der Waals surface area contributed by atoms with Gasteiger partial charge in [-0.25, -0.2) is 8.42 Å². The largest absolute Gasteiger partial charge is 0.338 e. The average Bonchev–Trinajstić information content (AvgIpc) is 2.89. The number of hydrogen-bond donors (Lipinski definition) is 0. The molecule has 24 heavy (non-hydrogen) atoms. The van der Waals surface area contributed by atoms with Crippen molar-refractivity contribution in [3.63, 3.8) is 0 Å². The van der Waals surface area contributed by atoms with Crippen LogP contribution in [-0.4, -0.2) is 44.6 Å². The second-order valence-corrected chi connectivity index (χ2v) is 8.98. The Kier molecular flexibility index (Phi) is 4.60. The number of amides is 1. The quantitative estimate of drug-likeness (QED) is 0.842. The summed E-state index contributed by atoms with van der Waals surface area (Å²) in [4.78, 5) is 14.8. The van der Waals surface area contributed by atoms with Crippen LogP contribution in [0.1, 0.15) is 49.0 Å². The number of carbonyl (C=O) groups excluding carboxylic acids is 1. The molecule has 0 spiro atoms. The standard InChI is InChI=1S/C18H26N2O3S/c1-4-14-6-5-9-19(12-14)18(21)15-7-8-17-16(11-15)10-13(2)20(17)24(3,22)23/h7-8,11,13-14H,4-6,9-10,12H2,1-3H3/t13-,14-/m0/s1. The van der Waals surface area contributed by atoms with E-state index in [0.717, 1.165) is 31.5 Å². The van der Waals surface area contributed by atoms with E-state index in [4.69, 9.17) is 0 Å². The molecule has 2 atom stereocenters. The summed E-state index contributed by atoms with van der Waals surface area (Å²) in [6.07, 6.45) is 5.26. The molecule has 132 valence electrons. The van der Waals surface area contributed by atoms with Crippen LogP contribution in [0.15, 0.2) is 18.2 Å². The fourth-order valence-corrected chi connectivity index (χ4v) is 5.27. The van der Waals surface area contributed by atoms with E-state index in [9.17, 15) is 13.2 Å². The Bertz CT molecular complexity index is 745. The molecule has 1 fully saturated rings. The van der Waals surface area contributed by atoms with Crippen molar-refractivity contribution < 1.29 is 13.2 Å². The van der Waals surface area contributed by atoms with Crippen molar-refractivity contribution in [2.24, 2.45) is 5.92 Å². The maximum atomic E-state index is 12.8. The Morgan fingerprint density at radius 3 is 2.75 bits per heavy atom. The van der Waals surface area contributed by atoms with Crippen LogP contribution in [0.2, 0.25) is 0 Å². The van der Waals surface area contributed by atoms with Gasteiger partial charge in [0.05, 0.1) is 11.9 Å². The zero-order valence-electron chi connectivity index (χ0n) is 14.7. The summed E-state index contributed by atoms with van der Waals surface area (Å²) in [6.45, 7) is 5.73. The number of sulfonamides is 1. The van der Waals surface area contributed by atoms with E-state index in [1.54, 1.807) is 12.1 Å². The van der Waals surface area contributed by atoms with Crippen molar-refractivity contribution in [1.29, 1.82) is 0 Å². The van der Waals surface area contributed by atoms with E-state index in [1.807, 2.05) is 17.9 Å². The maximum absolute atomic E-state index is 12.8. The molecule has 0 aromatic heterocycles. The third-order valence-corrected chi connectivity index (χ3v) is 6.49. The molecule has 1 aromatic rings. The molecular formula is C18H26N2O3S. The van der Waals surface area contributed by atoms with Crippen LogP contribution in [0, 0.1) is 5.92 Å². The van der Waals surface area contributed by atoms with Gasteiger partial charge in [-0.05, 0) is 55.9 Å². The lowest BCUT2D eigenvalue weighted by Crippen LogP contribution is -2.39. The molecule has 0 radical (unpaired) electrons. The van der Waals surface area contributed by atoms with E-state index in [-0.39, 0.29) is 11.9 Å².